The smallest absolute Gasteiger partial charge is 0.279 e. The first-order valence-corrected chi connectivity index (χ1v) is 13.1. The van der Waals surface area contributed by atoms with Crippen molar-refractivity contribution in [3.8, 4) is 11.5 Å². The van der Waals surface area contributed by atoms with Gasteiger partial charge in [0, 0.05) is 15.6 Å². The van der Waals surface area contributed by atoms with Gasteiger partial charge in [-0.15, -0.1) is 0 Å². The van der Waals surface area contributed by atoms with E-state index in [0.29, 0.717) is 55.3 Å². The molecule has 0 aromatic heterocycles. The summed E-state index contributed by atoms with van der Waals surface area (Å²) >= 11 is 16.5. The van der Waals surface area contributed by atoms with Gasteiger partial charge in [0.05, 0.1) is 16.0 Å². The van der Waals surface area contributed by atoms with Crippen LogP contribution < -0.4 is 14.8 Å². The molecule has 10 heteroatoms. The zero-order valence-corrected chi connectivity index (χ0v) is 22.8. The number of nitrogens with zero attached hydrogens (tertiary/aromatic N) is 1. The maximum atomic E-state index is 12.5. The Balaban J connectivity index is 1.53. The molecule has 1 saturated heterocycles. The van der Waals surface area contributed by atoms with Gasteiger partial charge in [-0.2, -0.15) is 4.99 Å². The van der Waals surface area contributed by atoms with Gasteiger partial charge in [-0.1, -0.05) is 35.3 Å². The highest BCUT2D eigenvalue weighted by atomic mass is 79.9. The van der Waals surface area contributed by atoms with Crippen LogP contribution in [0.3, 0.4) is 0 Å². The van der Waals surface area contributed by atoms with E-state index >= 15 is 0 Å². The number of amides is 2. The fourth-order valence-corrected chi connectivity index (χ4v) is 4.84. The number of nitrogens with one attached hydrogen (secondary N) is 1. The first kappa shape index (κ1) is 26.3. The molecular formula is C26H19BrCl2N2O4S. The lowest BCUT2D eigenvalue weighted by atomic mass is 10.1. The summed E-state index contributed by atoms with van der Waals surface area (Å²) in [7, 11) is 0. The van der Waals surface area contributed by atoms with Crippen LogP contribution in [-0.2, 0) is 11.4 Å². The van der Waals surface area contributed by atoms with Gasteiger partial charge in [-0.3, -0.25) is 9.59 Å². The second-order valence-corrected chi connectivity index (χ2v) is 10.2. The average Bonchev–Trinajstić information content (AvgIpc) is 3.18. The van der Waals surface area contributed by atoms with Crippen molar-refractivity contribution >= 4 is 74.0 Å². The molecule has 0 saturated carbocycles. The second-order valence-electron chi connectivity index (χ2n) is 7.47. The van der Waals surface area contributed by atoms with Crippen molar-refractivity contribution in [3.63, 3.8) is 0 Å². The van der Waals surface area contributed by atoms with Gasteiger partial charge in [0.25, 0.3) is 11.8 Å². The number of carbonyl (C=O) groups excluding carboxylic acids is 2. The van der Waals surface area contributed by atoms with E-state index in [0.717, 1.165) is 17.3 Å². The first-order chi connectivity index (χ1) is 17.3. The standard InChI is InChI=1S/C26H19BrCl2N2O4S/c1-2-34-21-12-16(11-20(27)23(21)35-14-15-3-7-18(28)8-4-15)13-22-25(33)31-26(36-22)30-24(32)17-5-9-19(29)10-6-17/h3-13H,2,14H2,1H3,(H,30,31,32,33)/b22-13-. The third kappa shape index (κ3) is 6.70. The molecule has 3 aromatic carbocycles. The van der Waals surface area contributed by atoms with Crippen molar-refractivity contribution < 1.29 is 19.1 Å². The number of hydrogen-bond donors (Lipinski definition) is 1. The Bertz CT molecular complexity index is 1360. The third-order valence-corrected chi connectivity index (χ3v) is 6.87. The predicted octanol–water partition coefficient (Wildman–Crippen LogP) is 7.13. The molecule has 6 nitrogen and oxygen atoms in total. The van der Waals surface area contributed by atoms with Gasteiger partial charge >= 0.3 is 0 Å². The number of hydrogen-bond acceptors (Lipinski definition) is 5. The normalized spacial score (nSPS) is 15.3. The van der Waals surface area contributed by atoms with Crippen LogP contribution in [0.1, 0.15) is 28.4 Å². The van der Waals surface area contributed by atoms with Crippen LogP contribution in [0.5, 0.6) is 11.5 Å². The topological polar surface area (TPSA) is 77.0 Å². The predicted molar refractivity (Wildman–Crippen MR) is 148 cm³/mol. The molecule has 2 amide bonds. The lowest BCUT2D eigenvalue weighted by Crippen LogP contribution is -2.20. The summed E-state index contributed by atoms with van der Waals surface area (Å²) in [4.78, 5) is 29.3. The summed E-state index contributed by atoms with van der Waals surface area (Å²) in [6, 6.07) is 17.4. The van der Waals surface area contributed by atoms with Crippen LogP contribution in [0.25, 0.3) is 6.08 Å². The van der Waals surface area contributed by atoms with Gasteiger partial charge < -0.3 is 14.8 Å². The zero-order valence-electron chi connectivity index (χ0n) is 18.9. The van der Waals surface area contributed by atoms with E-state index in [2.05, 4.69) is 26.2 Å². The van der Waals surface area contributed by atoms with Gasteiger partial charge in [-0.05, 0) is 100 Å². The molecule has 1 fully saturated rings. The molecule has 0 aliphatic carbocycles. The second kappa shape index (κ2) is 12.0. The molecule has 1 N–H and O–H groups in total. The number of rotatable bonds is 7. The summed E-state index contributed by atoms with van der Waals surface area (Å²) in [5.74, 6) is 0.260. The molecule has 0 atom stereocenters. The highest BCUT2D eigenvalue weighted by molar-refractivity contribution is 9.10. The van der Waals surface area contributed by atoms with Gasteiger partial charge in [0.2, 0.25) is 0 Å². The molecular weight excluding hydrogens is 587 g/mol. The largest absolute Gasteiger partial charge is 0.490 e. The summed E-state index contributed by atoms with van der Waals surface area (Å²) in [5, 5.41) is 4.01. The van der Waals surface area contributed by atoms with Crippen LogP contribution in [0.2, 0.25) is 10.0 Å². The van der Waals surface area contributed by atoms with Gasteiger partial charge in [-0.25, -0.2) is 0 Å². The van der Waals surface area contributed by atoms with Crippen molar-refractivity contribution in [2.75, 3.05) is 6.61 Å². The quantitative estimate of drug-likeness (QED) is 0.290. The van der Waals surface area contributed by atoms with Crippen molar-refractivity contribution in [1.29, 1.82) is 0 Å². The van der Waals surface area contributed by atoms with E-state index in [1.165, 1.54) is 0 Å². The minimum absolute atomic E-state index is 0.207. The van der Waals surface area contributed by atoms with Crippen molar-refractivity contribution in [2.24, 2.45) is 4.99 Å². The first-order valence-electron chi connectivity index (χ1n) is 10.8. The molecule has 4 rings (SSSR count). The zero-order chi connectivity index (χ0) is 25.7. The Morgan fingerprint density at radius 3 is 2.39 bits per heavy atom. The Morgan fingerprint density at radius 1 is 1.06 bits per heavy atom. The fourth-order valence-electron chi connectivity index (χ4n) is 3.19. The lowest BCUT2D eigenvalue weighted by Gasteiger charge is -2.15. The van der Waals surface area contributed by atoms with E-state index in [1.54, 1.807) is 48.5 Å². The molecule has 1 aliphatic heterocycles. The summed E-state index contributed by atoms with van der Waals surface area (Å²) in [6.07, 6.45) is 1.70. The molecule has 36 heavy (non-hydrogen) atoms. The number of carbonyl (C=O) groups is 2. The maximum Gasteiger partial charge on any atom is 0.279 e. The minimum Gasteiger partial charge on any atom is -0.490 e. The highest BCUT2D eigenvalue weighted by Gasteiger charge is 2.25. The van der Waals surface area contributed by atoms with E-state index in [4.69, 9.17) is 32.7 Å². The van der Waals surface area contributed by atoms with E-state index < -0.39 is 5.91 Å². The van der Waals surface area contributed by atoms with Crippen LogP contribution >= 0.6 is 50.9 Å². The SMILES string of the molecule is CCOc1cc(/C=C2\SC(=NC(=O)c3ccc(Cl)cc3)NC2=O)cc(Br)c1OCc1ccc(Cl)cc1. The molecule has 0 radical (unpaired) electrons. The molecule has 0 unspecified atom stereocenters. The maximum absolute atomic E-state index is 12.5. The average molecular weight is 606 g/mol. The Labute approximate surface area is 230 Å². The summed E-state index contributed by atoms with van der Waals surface area (Å²) < 4.78 is 12.5. The molecule has 184 valence electrons. The molecule has 1 aliphatic rings. The molecule has 0 spiro atoms. The van der Waals surface area contributed by atoms with Crippen molar-refractivity contribution in [2.45, 2.75) is 13.5 Å². The van der Waals surface area contributed by atoms with E-state index in [-0.39, 0.29) is 11.1 Å². The highest BCUT2D eigenvalue weighted by Crippen LogP contribution is 2.39. The van der Waals surface area contributed by atoms with Crippen LogP contribution in [0, 0.1) is 0 Å². The number of benzene rings is 3. The number of amidine groups is 1. The fraction of sp³-hybridized carbons (Fsp3) is 0.115. The molecule has 3 aromatic rings. The number of thioether (sulfide) groups is 1. The van der Waals surface area contributed by atoms with E-state index in [9.17, 15) is 9.59 Å². The summed E-state index contributed by atoms with van der Waals surface area (Å²) in [6.45, 7) is 2.64. The molecule has 1 heterocycles. The monoisotopic (exact) mass is 604 g/mol. The summed E-state index contributed by atoms with van der Waals surface area (Å²) in [5.41, 5.74) is 2.05. The molecule has 0 bridgehead atoms. The minimum atomic E-state index is -0.473. The van der Waals surface area contributed by atoms with Crippen LogP contribution in [0.15, 0.2) is 75.0 Å². The van der Waals surface area contributed by atoms with Crippen molar-refractivity contribution in [3.05, 3.63) is 96.8 Å². The Morgan fingerprint density at radius 2 is 1.72 bits per heavy atom. The van der Waals surface area contributed by atoms with Gasteiger partial charge in [0.1, 0.15) is 6.61 Å². The number of aliphatic imine (C=N–C) groups is 1. The Hall–Kier alpha value is -2.78. The number of halogens is 3. The van der Waals surface area contributed by atoms with E-state index in [1.807, 2.05) is 25.1 Å². The Kier molecular flexibility index (Phi) is 8.74. The van der Waals surface area contributed by atoms with Gasteiger partial charge in [0.15, 0.2) is 16.7 Å². The third-order valence-electron chi connectivity index (χ3n) is 4.87. The van der Waals surface area contributed by atoms with Crippen molar-refractivity contribution in [1.82, 2.24) is 5.32 Å². The van der Waals surface area contributed by atoms with Crippen LogP contribution in [-0.4, -0.2) is 23.6 Å². The lowest BCUT2D eigenvalue weighted by molar-refractivity contribution is -0.115. The number of ether oxygens (including phenoxy) is 2. The van der Waals surface area contributed by atoms with Crippen LogP contribution in [0.4, 0.5) is 0 Å².